The number of aromatic nitrogens is 1. The Morgan fingerprint density at radius 1 is 1.16 bits per heavy atom. The van der Waals surface area contributed by atoms with E-state index in [0.29, 0.717) is 5.56 Å². The van der Waals surface area contributed by atoms with Crippen LogP contribution in [0.5, 0.6) is 0 Å². The minimum Gasteiger partial charge on any atom is -0.370 e. The number of hydrogen-bond donors (Lipinski definition) is 1. The van der Waals surface area contributed by atoms with Gasteiger partial charge in [0.05, 0.1) is 5.56 Å². The zero-order chi connectivity index (χ0) is 17.4. The second kappa shape index (κ2) is 6.35. The van der Waals surface area contributed by atoms with Crippen LogP contribution in [-0.4, -0.2) is 29.0 Å². The normalized spacial score (nSPS) is 14.5. The molecule has 2 heterocycles. The summed E-state index contributed by atoms with van der Waals surface area (Å²) in [6.45, 7) is 2.83. The Bertz CT molecular complexity index is 928. The maximum absolute atomic E-state index is 11.5. The maximum Gasteiger partial charge on any atom is 0.356 e. The molecule has 0 fully saturated rings. The van der Waals surface area contributed by atoms with Gasteiger partial charge in [0.15, 0.2) is 0 Å². The topological polar surface area (TPSA) is 60.5 Å². The van der Waals surface area contributed by atoms with Crippen LogP contribution in [0.2, 0.25) is 0 Å². The molecule has 1 aliphatic heterocycles. The summed E-state index contributed by atoms with van der Waals surface area (Å²) in [4.78, 5) is 18.1. The van der Waals surface area contributed by atoms with E-state index >= 15 is 0 Å². The summed E-state index contributed by atoms with van der Waals surface area (Å²) >= 11 is 0. The molecule has 1 aliphatic rings. The van der Waals surface area contributed by atoms with Crippen molar-refractivity contribution in [3.63, 3.8) is 0 Å². The van der Waals surface area contributed by atoms with Crippen molar-refractivity contribution in [1.29, 1.82) is 0 Å². The Hall–Kier alpha value is -2.63. The van der Waals surface area contributed by atoms with Crippen LogP contribution in [0.25, 0.3) is 10.9 Å². The van der Waals surface area contributed by atoms with E-state index in [0.717, 1.165) is 31.6 Å². The predicted molar refractivity (Wildman–Crippen MR) is 97.1 cm³/mol. The largest absolute Gasteiger partial charge is 0.370 e. The van der Waals surface area contributed by atoms with Crippen LogP contribution in [0.3, 0.4) is 0 Å². The van der Waals surface area contributed by atoms with E-state index in [9.17, 15) is 4.79 Å². The summed E-state index contributed by atoms with van der Waals surface area (Å²) in [7, 11) is 2.16. The molecule has 2 N–H and O–H groups in total. The summed E-state index contributed by atoms with van der Waals surface area (Å²) in [5.41, 5.74) is 5.74. The standard InChI is InChI=1S/C20H21N3O2/c1-22-11-10-17-16-4-2-3-5-18(16)23(19(17)13-22)12-14-6-8-15(9-7-14)20(24)25-21/h2-9H,10-13,21H2,1H3. The first-order chi connectivity index (χ1) is 12.2. The summed E-state index contributed by atoms with van der Waals surface area (Å²) in [6, 6.07) is 16.0. The number of hydrogen-bond acceptors (Lipinski definition) is 4. The smallest absolute Gasteiger partial charge is 0.356 e. The summed E-state index contributed by atoms with van der Waals surface area (Å²) < 4.78 is 2.40. The van der Waals surface area contributed by atoms with Crippen LogP contribution in [0.4, 0.5) is 0 Å². The summed E-state index contributed by atoms with van der Waals surface area (Å²) in [5.74, 6) is 4.43. The highest BCUT2D eigenvalue weighted by molar-refractivity contribution is 5.89. The second-order valence-corrected chi connectivity index (χ2v) is 6.62. The van der Waals surface area contributed by atoms with Gasteiger partial charge in [0.1, 0.15) is 0 Å². The van der Waals surface area contributed by atoms with Gasteiger partial charge in [0, 0.05) is 36.2 Å². The van der Waals surface area contributed by atoms with Crippen LogP contribution in [0, 0.1) is 0 Å². The molecule has 0 atom stereocenters. The molecule has 0 spiro atoms. The number of fused-ring (bicyclic) bond motifs is 3. The van der Waals surface area contributed by atoms with Crippen LogP contribution < -0.4 is 5.90 Å². The number of rotatable bonds is 3. The third kappa shape index (κ3) is 2.81. The quantitative estimate of drug-likeness (QED) is 0.748. The van der Waals surface area contributed by atoms with Crippen molar-refractivity contribution in [2.45, 2.75) is 19.5 Å². The highest BCUT2D eigenvalue weighted by atomic mass is 16.7. The lowest BCUT2D eigenvalue weighted by Crippen LogP contribution is -2.27. The van der Waals surface area contributed by atoms with Gasteiger partial charge in [-0.3, -0.25) is 0 Å². The average molecular weight is 335 g/mol. The predicted octanol–water partition coefficient (Wildman–Crippen LogP) is 2.71. The van der Waals surface area contributed by atoms with Gasteiger partial charge in [-0.25, -0.2) is 4.79 Å². The van der Waals surface area contributed by atoms with Crippen LogP contribution >= 0.6 is 0 Å². The zero-order valence-electron chi connectivity index (χ0n) is 14.2. The van der Waals surface area contributed by atoms with Crippen molar-refractivity contribution in [1.82, 2.24) is 9.47 Å². The van der Waals surface area contributed by atoms with Crippen molar-refractivity contribution in [2.24, 2.45) is 5.90 Å². The molecule has 0 radical (unpaired) electrons. The molecule has 0 saturated heterocycles. The monoisotopic (exact) mass is 335 g/mol. The first kappa shape index (κ1) is 15.9. The molecular formula is C20H21N3O2. The van der Waals surface area contributed by atoms with Gasteiger partial charge >= 0.3 is 5.97 Å². The molecule has 0 bridgehead atoms. The van der Waals surface area contributed by atoms with Gasteiger partial charge < -0.3 is 14.3 Å². The van der Waals surface area contributed by atoms with Gasteiger partial charge in [-0.2, -0.15) is 5.90 Å². The van der Waals surface area contributed by atoms with Crippen molar-refractivity contribution >= 4 is 16.9 Å². The minimum atomic E-state index is -0.517. The lowest BCUT2D eigenvalue weighted by atomic mass is 10.0. The molecule has 3 aromatic rings. The number of nitrogens with zero attached hydrogens (tertiary/aromatic N) is 2. The SMILES string of the molecule is CN1CCc2c(n(Cc3ccc(C(=O)ON)cc3)c3ccccc23)C1. The Labute approximate surface area is 146 Å². The fourth-order valence-electron chi connectivity index (χ4n) is 3.70. The molecular weight excluding hydrogens is 314 g/mol. The number of carbonyl (C=O) groups excluding carboxylic acids is 1. The van der Waals surface area contributed by atoms with E-state index in [4.69, 9.17) is 5.90 Å². The average Bonchev–Trinajstić information content (AvgIpc) is 2.95. The molecule has 128 valence electrons. The molecule has 0 aliphatic carbocycles. The van der Waals surface area contributed by atoms with Crippen molar-refractivity contribution < 1.29 is 9.63 Å². The highest BCUT2D eigenvalue weighted by Crippen LogP contribution is 2.31. The van der Waals surface area contributed by atoms with Crippen molar-refractivity contribution in [2.75, 3.05) is 13.6 Å². The molecule has 5 nitrogen and oxygen atoms in total. The molecule has 2 aromatic carbocycles. The van der Waals surface area contributed by atoms with Gasteiger partial charge in [-0.15, -0.1) is 0 Å². The first-order valence-corrected chi connectivity index (χ1v) is 8.45. The molecule has 5 heteroatoms. The van der Waals surface area contributed by atoms with Gasteiger partial charge in [0.2, 0.25) is 0 Å². The number of benzene rings is 2. The van der Waals surface area contributed by atoms with Gasteiger partial charge in [0.25, 0.3) is 0 Å². The van der Waals surface area contributed by atoms with Crippen molar-refractivity contribution in [3.05, 3.63) is 70.9 Å². The molecule has 4 rings (SSSR count). The summed E-state index contributed by atoms with van der Waals surface area (Å²) in [6.07, 6.45) is 1.08. The van der Waals surface area contributed by atoms with Gasteiger partial charge in [-0.1, -0.05) is 30.3 Å². The zero-order valence-corrected chi connectivity index (χ0v) is 14.2. The number of carbonyl (C=O) groups is 1. The van der Waals surface area contributed by atoms with Crippen molar-refractivity contribution in [3.8, 4) is 0 Å². The van der Waals surface area contributed by atoms with Crippen LogP contribution in [0.15, 0.2) is 48.5 Å². The van der Waals surface area contributed by atoms with E-state index < -0.39 is 5.97 Å². The summed E-state index contributed by atoms with van der Waals surface area (Å²) in [5, 5.41) is 1.36. The van der Waals surface area contributed by atoms with E-state index in [-0.39, 0.29) is 0 Å². The van der Waals surface area contributed by atoms with Gasteiger partial charge in [-0.05, 0) is 42.8 Å². The van der Waals surface area contributed by atoms with Crippen LogP contribution in [-0.2, 0) is 24.3 Å². The first-order valence-electron chi connectivity index (χ1n) is 8.45. The molecule has 1 aromatic heterocycles. The van der Waals surface area contributed by atoms with Crippen LogP contribution in [0.1, 0.15) is 27.2 Å². The molecule has 0 amide bonds. The van der Waals surface area contributed by atoms with E-state index in [2.05, 4.69) is 45.6 Å². The fourth-order valence-corrected chi connectivity index (χ4v) is 3.70. The second-order valence-electron chi connectivity index (χ2n) is 6.62. The highest BCUT2D eigenvalue weighted by Gasteiger charge is 2.22. The minimum absolute atomic E-state index is 0.463. The molecule has 0 saturated carbocycles. The Morgan fingerprint density at radius 3 is 2.68 bits per heavy atom. The Morgan fingerprint density at radius 2 is 1.92 bits per heavy atom. The number of para-hydroxylation sites is 1. The lowest BCUT2D eigenvalue weighted by Gasteiger charge is -2.24. The fraction of sp³-hybridized carbons (Fsp3) is 0.250. The van der Waals surface area contributed by atoms with E-state index in [1.54, 1.807) is 12.1 Å². The molecule has 25 heavy (non-hydrogen) atoms. The lowest BCUT2D eigenvalue weighted by molar-refractivity contribution is 0.0503. The number of nitrogens with two attached hydrogens (primary N) is 1. The van der Waals surface area contributed by atoms with E-state index in [1.165, 1.54) is 22.2 Å². The molecule has 0 unspecified atom stereocenters. The third-order valence-corrected chi connectivity index (χ3v) is 4.99. The number of likely N-dealkylation sites (N-methyl/N-ethyl adjacent to an activating group) is 1. The van der Waals surface area contributed by atoms with E-state index in [1.807, 2.05) is 12.1 Å². The Balaban J connectivity index is 1.74. The maximum atomic E-state index is 11.5. The third-order valence-electron chi connectivity index (χ3n) is 4.99. The Kier molecular flexibility index (Phi) is 4.03.